The van der Waals surface area contributed by atoms with E-state index in [1.54, 1.807) is 6.33 Å². The number of hydrogen-bond donors (Lipinski definition) is 2. The number of aryl methyl sites for hydroxylation is 1. The van der Waals surface area contributed by atoms with E-state index in [2.05, 4.69) is 22.2 Å². The highest BCUT2D eigenvalue weighted by Gasteiger charge is 2.18. The molecule has 1 atom stereocenters. The summed E-state index contributed by atoms with van der Waals surface area (Å²) in [6.07, 6.45) is 9.08. The fourth-order valence-electron chi connectivity index (χ4n) is 2.80. The molecule has 5 heteroatoms. The minimum Gasteiger partial charge on any atom is -0.481 e. The predicted octanol–water partition coefficient (Wildman–Crippen LogP) is 2.80. The Kier molecular flexibility index (Phi) is 5.32. The lowest BCUT2D eigenvalue weighted by atomic mass is 10.1. The molecule has 110 valence electrons. The van der Waals surface area contributed by atoms with Crippen LogP contribution in [0.25, 0.3) is 0 Å². The highest BCUT2D eigenvalue weighted by molar-refractivity contribution is 5.68. The number of aliphatic carboxylic acids is 1. The van der Waals surface area contributed by atoms with Gasteiger partial charge in [0.15, 0.2) is 0 Å². The number of nitrogens with zero attached hydrogens (tertiary/aromatic N) is 2. The zero-order valence-corrected chi connectivity index (χ0v) is 12.1. The topological polar surface area (TPSA) is 75.1 Å². The Morgan fingerprint density at radius 2 is 2.15 bits per heavy atom. The average molecular weight is 277 g/mol. The fraction of sp³-hybridized carbons (Fsp3) is 0.667. The summed E-state index contributed by atoms with van der Waals surface area (Å²) in [4.78, 5) is 19.7. The molecule has 0 saturated heterocycles. The van der Waals surface area contributed by atoms with Crippen molar-refractivity contribution in [3.05, 3.63) is 17.6 Å². The number of anilines is 1. The van der Waals surface area contributed by atoms with Crippen LogP contribution in [0.5, 0.6) is 0 Å². The van der Waals surface area contributed by atoms with E-state index < -0.39 is 5.97 Å². The summed E-state index contributed by atoms with van der Waals surface area (Å²) in [7, 11) is 0. The summed E-state index contributed by atoms with van der Waals surface area (Å²) in [6.45, 7) is 2.07. The van der Waals surface area contributed by atoms with E-state index in [1.165, 1.54) is 18.4 Å². The maximum atomic E-state index is 10.9. The van der Waals surface area contributed by atoms with Crippen LogP contribution in [0.3, 0.4) is 0 Å². The molecular formula is C15H23N3O2. The molecule has 0 saturated carbocycles. The lowest BCUT2D eigenvalue weighted by Gasteiger charge is -2.19. The maximum absolute atomic E-state index is 10.9. The molecule has 1 aliphatic rings. The summed E-state index contributed by atoms with van der Waals surface area (Å²) in [5.41, 5.74) is 2.32. The molecule has 0 aromatic carbocycles. The van der Waals surface area contributed by atoms with Crippen LogP contribution in [0.1, 0.15) is 56.7 Å². The van der Waals surface area contributed by atoms with Crippen molar-refractivity contribution in [1.82, 2.24) is 9.97 Å². The van der Waals surface area contributed by atoms with Gasteiger partial charge in [-0.05, 0) is 32.1 Å². The third kappa shape index (κ3) is 3.92. The number of rotatable bonds is 6. The van der Waals surface area contributed by atoms with Crippen LogP contribution in [0.15, 0.2) is 6.33 Å². The van der Waals surface area contributed by atoms with Crippen molar-refractivity contribution in [2.75, 3.05) is 5.32 Å². The highest BCUT2D eigenvalue weighted by atomic mass is 16.4. The molecule has 2 rings (SSSR count). The summed E-state index contributed by atoms with van der Waals surface area (Å²) >= 11 is 0. The van der Waals surface area contributed by atoms with Gasteiger partial charge < -0.3 is 10.4 Å². The molecule has 1 aromatic heterocycles. The van der Waals surface area contributed by atoms with Crippen LogP contribution < -0.4 is 5.32 Å². The van der Waals surface area contributed by atoms with Gasteiger partial charge in [0.05, 0.1) is 6.42 Å². The van der Waals surface area contributed by atoms with Crippen molar-refractivity contribution < 1.29 is 9.90 Å². The minimum absolute atomic E-state index is 0.0558. The van der Waals surface area contributed by atoms with E-state index in [4.69, 9.17) is 5.11 Å². The van der Waals surface area contributed by atoms with Gasteiger partial charge in [0.25, 0.3) is 0 Å². The quantitative estimate of drug-likeness (QED) is 0.782. The summed E-state index contributed by atoms with van der Waals surface area (Å²) < 4.78 is 0. The van der Waals surface area contributed by atoms with Gasteiger partial charge in [0.1, 0.15) is 12.1 Å². The molecule has 1 aliphatic carbocycles. The molecule has 0 aliphatic heterocycles. The average Bonchev–Trinajstić information content (AvgIpc) is 2.64. The normalized spacial score (nSPS) is 16.1. The van der Waals surface area contributed by atoms with Crippen molar-refractivity contribution >= 4 is 11.8 Å². The van der Waals surface area contributed by atoms with E-state index in [9.17, 15) is 4.79 Å². The van der Waals surface area contributed by atoms with Gasteiger partial charge in [-0.3, -0.25) is 4.79 Å². The molecule has 0 bridgehead atoms. The molecule has 1 aromatic rings. The SMILES string of the molecule is CCCC(CC(=O)O)Nc1ncnc2c1CCCCC2. The first-order valence-electron chi connectivity index (χ1n) is 7.51. The lowest BCUT2D eigenvalue weighted by Crippen LogP contribution is -2.24. The van der Waals surface area contributed by atoms with E-state index in [0.717, 1.165) is 43.6 Å². The Hall–Kier alpha value is -1.65. The van der Waals surface area contributed by atoms with Crippen molar-refractivity contribution in [2.45, 2.75) is 64.3 Å². The van der Waals surface area contributed by atoms with E-state index in [1.807, 2.05) is 0 Å². The minimum atomic E-state index is -0.768. The lowest BCUT2D eigenvalue weighted by molar-refractivity contribution is -0.137. The molecule has 1 unspecified atom stereocenters. The molecule has 20 heavy (non-hydrogen) atoms. The second kappa shape index (κ2) is 7.22. The number of fused-ring (bicyclic) bond motifs is 1. The third-order valence-electron chi connectivity index (χ3n) is 3.77. The molecule has 0 amide bonds. The predicted molar refractivity (Wildman–Crippen MR) is 77.9 cm³/mol. The molecule has 0 radical (unpaired) electrons. The van der Waals surface area contributed by atoms with Crippen LogP contribution in [-0.4, -0.2) is 27.1 Å². The number of carboxylic acid groups (broad SMARTS) is 1. The fourth-order valence-corrected chi connectivity index (χ4v) is 2.80. The number of aromatic nitrogens is 2. The first kappa shape index (κ1) is 14.8. The molecule has 1 heterocycles. The standard InChI is InChI=1S/C15H23N3O2/c1-2-6-11(9-14(19)20)18-15-12-7-4-3-5-8-13(12)16-10-17-15/h10-11H,2-9H2,1H3,(H,19,20)(H,16,17,18). The molecular weight excluding hydrogens is 254 g/mol. The number of nitrogens with one attached hydrogen (secondary N) is 1. The van der Waals surface area contributed by atoms with Gasteiger partial charge in [-0.2, -0.15) is 0 Å². The summed E-state index contributed by atoms with van der Waals surface area (Å²) in [6, 6.07) is -0.0558. The Labute approximate surface area is 119 Å². The Balaban J connectivity index is 2.16. The van der Waals surface area contributed by atoms with Gasteiger partial charge >= 0.3 is 5.97 Å². The van der Waals surface area contributed by atoms with E-state index in [0.29, 0.717) is 0 Å². The van der Waals surface area contributed by atoms with Crippen LogP contribution in [0, 0.1) is 0 Å². The second-order valence-electron chi connectivity index (χ2n) is 5.44. The van der Waals surface area contributed by atoms with Crippen LogP contribution in [0.4, 0.5) is 5.82 Å². The van der Waals surface area contributed by atoms with Crippen LogP contribution >= 0.6 is 0 Å². The smallest absolute Gasteiger partial charge is 0.305 e. The van der Waals surface area contributed by atoms with E-state index in [-0.39, 0.29) is 12.5 Å². The zero-order chi connectivity index (χ0) is 14.4. The van der Waals surface area contributed by atoms with Crippen molar-refractivity contribution in [3.63, 3.8) is 0 Å². The third-order valence-corrected chi connectivity index (χ3v) is 3.77. The summed E-state index contributed by atoms with van der Waals surface area (Å²) in [5.74, 6) is 0.0766. The van der Waals surface area contributed by atoms with Crippen LogP contribution in [-0.2, 0) is 17.6 Å². The number of hydrogen-bond acceptors (Lipinski definition) is 4. The van der Waals surface area contributed by atoms with Gasteiger partial charge in [-0.25, -0.2) is 9.97 Å². The van der Waals surface area contributed by atoms with Gasteiger partial charge in [0, 0.05) is 17.3 Å². The first-order valence-corrected chi connectivity index (χ1v) is 7.51. The number of carbonyl (C=O) groups is 1. The zero-order valence-electron chi connectivity index (χ0n) is 12.1. The largest absolute Gasteiger partial charge is 0.481 e. The van der Waals surface area contributed by atoms with E-state index >= 15 is 0 Å². The Bertz CT molecular complexity index is 462. The summed E-state index contributed by atoms with van der Waals surface area (Å²) in [5, 5.41) is 12.3. The Morgan fingerprint density at radius 3 is 2.90 bits per heavy atom. The monoisotopic (exact) mass is 277 g/mol. The van der Waals surface area contributed by atoms with Crippen LogP contribution in [0.2, 0.25) is 0 Å². The van der Waals surface area contributed by atoms with Gasteiger partial charge in [-0.15, -0.1) is 0 Å². The molecule has 2 N–H and O–H groups in total. The molecule has 0 fully saturated rings. The van der Waals surface area contributed by atoms with Gasteiger partial charge in [0.2, 0.25) is 0 Å². The van der Waals surface area contributed by atoms with Gasteiger partial charge in [-0.1, -0.05) is 19.8 Å². The first-order chi connectivity index (χ1) is 9.70. The molecule has 0 spiro atoms. The highest BCUT2D eigenvalue weighted by Crippen LogP contribution is 2.25. The second-order valence-corrected chi connectivity index (χ2v) is 5.44. The Morgan fingerprint density at radius 1 is 1.35 bits per heavy atom. The maximum Gasteiger partial charge on any atom is 0.305 e. The number of carboxylic acids is 1. The van der Waals surface area contributed by atoms with Crippen molar-refractivity contribution in [1.29, 1.82) is 0 Å². The molecule has 5 nitrogen and oxygen atoms in total. The van der Waals surface area contributed by atoms with Crippen molar-refractivity contribution in [3.8, 4) is 0 Å². The van der Waals surface area contributed by atoms with Crippen molar-refractivity contribution in [2.24, 2.45) is 0 Å².